The number of sulfonamides is 1. The van der Waals surface area contributed by atoms with Gasteiger partial charge in [-0.2, -0.15) is 4.31 Å². The molecule has 22 heavy (non-hydrogen) atoms. The van der Waals surface area contributed by atoms with Gasteiger partial charge in [-0.3, -0.25) is 0 Å². The second-order valence-electron chi connectivity index (χ2n) is 5.88. The van der Waals surface area contributed by atoms with Gasteiger partial charge in [0.15, 0.2) is 0 Å². The van der Waals surface area contributed by atoms with Crippen LogP contribution in [-0.4, -0.2) is 25.8 Å². The molecule has 0 unspecified atom stereocenters. The lowest BCUT2D eigenvalue weighted by Gasteiger charge is -2.27. The highest BCUT2D eigenvalue weighted by Gasteiger charge is 2.27. The second kappa shape index (κ2) is 7.25. The minimum Gasteiger partial charge on any atom is -0.207 e. The first-order chi connectivity index (χ1) is 10.4. The van der Waals surface area contributed by atoms with E-state index in [0.29, 0.717) is 18.0 Å². The Bertz CT molecular complexity index is 657. The van der Waals surface area contributed by atoms with E-state index in [4.69, 9.17) is 0 Å². The molecule has 1 aromatic carbocycles. The summed E-state index contributed by atoms with van der Waals surface area (Å²) < 4.78 is 27.1. The van der Waals surface area contributed by atoms with Gasteiger partial charge in [0, 0.05) is 13.1 Å². The molecule has 0 saturated heterocycles. The molecule has 0 N–H and O–H groups in total. The van der Waals surface area contributed by atoms with Gasteiger partial charge in [-0.25, -0.2) is 8.42 Å². The molecule has 0 spiro atoms. The summed E-state index contributed by atoms with van der Waals surface area (Å²) in [7, 11) is -3.41. The summed E-state index contributed by atoms with van der Waals surface area (Å²) in [5.74, 6) is 0. The van der Waals surface area contributed by atoms with Gasteiger partial charge in [-0.1, -0.05) is 49.3 Å². The van der Waals surface area contributed by atoms with E-state index >= 15 is 0 Å². The Labute approximate surface area is 134 Å². The monoisotopic (exact) mass is 319 g/mol. The summed E-state index contributed by atoms with van der Waals surface area (Å²) in [5, 5.41) is 0. The Morgan fingerprint density at radius 2 is 1.95 bits per heavy atom. The zero-order valence-electron chi connectivity index (χ0n) is 13.5. The Morgan fingerprint density at radius 1 is 1.27 bits per heavy atom. The van der Waals surface area contributed by atoms with Crippen molar-refractivity contribution in [3.05, 3.63) is 53.6 Å². The van der Waals surface area contributed by atoms with Crippen LogP contribution < -0.4 is 0 Å². The molecule has 0 saturated carbocycles. The van der Waals surface area contributed by atoms with Crippen molar-refractivity contribution in [2.24, 2.45) is 0 Å². The number of hydrogen-bond donors (Lipinski definition) is 0. The Hall–Kier alpha value is -1.39. The third kappa shape index (κ3) is 3.87. The molecule has 0 aromatic heterocycles. The minimum absolute atomic E-state index is 0.374. The first-order valence-corrected chi connectivity index (χ1v) is 9.33. The highest BCUT2D eigenvalue weighted by molar-refractivity contribution is 7.89. The lowest BCUT2D eigenvalue weighted by molar-refractivity contribution is 0.428. The van der Waals surface area contributed by atoms with Crippen LogP contribution in [0.2, 0.25) is 0 Å². The third-order valence-electron chi connectivity index (χ3n) is 4.06. The van der Waals surface area contributed by atoms with Crippen LogP contribution in [0.15, 0.2) is 53.0 Å². The molecule has 0 radical (unpaired) electrons. The van der Waals surface area contributed by atoms with Gasteiger partial charge in [0.05, 0.1) is 4.90 Å². The van der Waals surface area contributed by atoms with E-state index in [1.165, 1.54) is 0 Å². The van der Waals surface area contributed by atoms with Gasteiger partial charge in [0.1, 0.15) is 0 Å². The molecule has 0 bridgehead atoms. The fraction of sp³-hybridized carbons (Fsp3) is 0.444. The topological polar surface area (TPSA) is 37.4 Å². The SMILES string of the molecule is C=C(CCCC)C1=CCCN(S(=O)(=O)c2ccc(C)cc2)C1. The van der Waals surface area contributed by atoms with Crippen LogP contribution in [0.4, 0.5) is 0 Å². The van der Waals surface area contributed by atoms with Gasteiger partial charge in [-0.15, -0.1) is 0 Å². The van der Waals surface area contributed by atoms with Crippen LogP contribution in [0.25, 0.3) is 0 Å². The maximum absolute atomic E-state index is 12.7. The molecule has 2 rings (SSSR count). The van der Waals surface area contributed by atoms with E-state index in [9.17, 15) is 8.42 Å². The first-order valence-electron chi connectivity index (χ1n) is 7.89. The van der Waals surface area contributed by atoms with E-state index in [0.717, 1.165) is 42.4 Å². The predicted octanol–water partition coefficient (Wildman–Crippen LogP) is 4.06. The molecular weight excluding hydrogens is 294 g/mol. The number of benzene rings is 1. The normalized spacial score (nSPS) is 16.4. The zero-order chi connectivity index (χ0) is 16.2. The van der Waals surface area contributed by atoms with Gasteiger partial charge in [-0.05, 0) is 43.9 Å². The third-order valence-corrected chi connectivity index (χ3v) is 5.92. The average molecular weight is 319 g/mol. The molecule has 1 heterocycles. The van der Waals surface area contributed by atoms with E-state index in [1.807, 2.05) is 19.1 Å². The number of hydrogen-bond acceptors (Lipinski definition) is 2. The van der Waals surface area contributed by atoms with Crippen LogP contribution in [-0.2, 0) is 10.0 Å². The standard InChI is InChI=1S/C18H25NO2S/c1-4-5-7-16(3)17-8-6-13-19(14-17)22(20,21)18-11-9-15(2)10-12-18/h8-12H,3-7,13-14H2,1-2H3. The highest BCUT2D eigenvalue weighted by Crippen LogP contribution is 2.25. The summed E-state index contributed by atoms with van der Waals surface area (Å²) in [4.78, 5) is 0.374. The van der Waals surface area contributed by atoms with Crippen LogP contribution in [0.3, 0.4) is 0 Å². The van der Waals surface area contributed by atoms with Crippen LogP contribution in [0, 0.1) is 6.92 Å². The fourth-order valence-electron chi connectivity index (χ4n) is 2.59. The Kier molecular flexibility index (Phi) is 5.59. The van der Waals surface area contributed by atoms with E-state index < -0.39 is 10.0 Å². The number of unbranched alkanes of at least 4 members (excludes halogenated alkanes) is 1. The molecule has 1 aliphatic heterocycles. The number of rotatable bonds is 6. The maximum atomic E-state index is 12.7. The van der Waals surface area contributed by atoms with Gasteiger partial charge < -0.3 is 0 Å². The molecule has 0 fully saturated rings. The van der Waals surface area contributed by atoms with Crippen molar-refractivity contribution in [2.45, 2.75) is 44.4 Å². The first kappa shape index (κ1) is 17.0. The Balaban J connectivity index is 2.14. The molecule has 0 atom stereocenters. The number of nitrogens with zero attached hydrogens (tertiary/aromatic N) is 1. The smallest absolute Gasteiger partial charge is 0.207 e. The molecule has 3 nitrogen and oxygen atoms in total. The lowest BCUT2D eigenvalue weighted by Crippen LogP contribution is -2.36. The quantitative estimate of drug-likeness (QED) is 0.793. The van der Waals surface area contributed by atoms with Crippen molar-refractivity contribution >= 4 is 10.0 Å². The summed E-state index contributed by atoms with van der Waals surface area (Å²) in [6.07, 6.45) is 6.06. The predicted molar refractivity (Wildman–Crippen MR) is 91.3 cm³/mol. The van der Waals surface area contributed by atoms with Crippen molar-refractivity contribution < 1.29 is 8.42 Å². The van der Waals surface area contributed by atoms with Gasteiger partial charge >= 0.3 is 0 Å². The van der Waals surface area contributed by atoms with Crippen molar-refractivity contribution in [3.63, 3.8) is 0 Å². The van der Waals surface area contributed by atoms with Crippen molar-refractivity contribution in [1.82, 2.24) is 4.31 Å². The van der Waals surface area contributed by atoms with Crippen molar-refractivity contribution in [3.8, 4) is 0 Å². The second-order valence-corrected chi connectivity index (χ2v) is 7.81. The molecule has 4 heteroatoms. The summed E-state index contributed by atoms with van der Waals surface area (Å²) >= 11 is 0. The molecule has 0 aliphatic carbocycles. The van der Waals surface area contributed by atoms with E-state index in [2.05, 4.69) is 19.6 Å². The summed E-state index contributed by atoms with van der Waals surface area (Å²) in [6.45, 7) is 9.22. The van der Waals surface area contributed by atoms with E-state index in [1.54, 1.807) is 16.4 Å². The van der Waals surface area contributed by atoms with Crippen molar-refractivity contribution in [1.29, 1.82) is 0 Å². The highest BCUT2D eigenvalue weighted by atomic mass is 32.2. The molecule has 120 valence electrons. The Morgan fingerprint density at radius 3 is 2.59 bits per heavy atom. The van der Waals surface area contributed by atoms with Gasteiger partial charge in [0.25, 0.3) is 0 Å². The summed E-state index contributed by atoms with van der Waals surface area (Å²) in [5.41, 5.74) is 3.21. The maximum Gasteiger partial charge on any atom is 0.243 e. The zero-order valence-corrected chi connectivity index (χ0v) is 14.3. The summed E-state index contributed by atoms with van der Waals surface area (Å²) in [6, 6.07) is 7.06. The molecule has 1 aliphatic rings. The van der Waals surface area contributed by atoms with E-state index in [-0.39, 0.29) is 0 Å². The molecular formula is C18H25NO2S. The fourth-order valence-corrected chi connectivity index (χ4v) is 4.02. The molecule has 1 aromatic rings. The average Bonchev–Trinajstić information content (AvgIpc) is 2.53. The van der Waals surface area contributed by atoms with Crippen LogP contribution in [0.5, 0.6) is 0 Å². The molecule has 0 amide bonds. The van der Waals surface area contributed by atoms with Gasteiger partial charge in [0.2, 0.25) is 10.0 Å². The van der Waals surface area contributed by atoms with Crippen LogP contribution in [0.1, 0.15) is 38.2 Å². The van der Waals surface area contributed by atoms with Crippen molar-refractivity contribution in [2.75, 3.05) is 13.1 Å². The minimum atomic E-state index is -3.41. The van der Waals surface area contributed by atoms with Crippen LogP contribution >= 0.6 is 0 Å². The number of aryl methyl sites for hydroxylation is 1. The largest absolute Gasteiger partial charge is 0.243 e. The lowest BCUT2D eigenvalue weighted by atomic mass is 9.99.